The third-order valence-corrected chi connectivity index (χ3v) is 6.49. The van der Waals surface area contributed by atoms with Crippen LogP contribution in [-0.4, -0.2) is 36.4 Å². The number of nitrogens with two attached hydrogens (primary N) is 1. The minimum atomic E-state index is -3.59. The highest BCUT2D eigenvalue weighted by Crippen LogP contribution is 2.26. The summed E-state index contributed by atoms with van der Waals surface area (Å²) in [5.41, 5.74) is 7.84. The van der Waals surface area contributed by atoms with Crippen LogP contribution in [0.3, 0.4) is 0 Å². The molecular formula is C19H21N3O2S. The Labute approximate surface area is 147 Å². The lowest BCUT2D eigenvalue weighted by molar-refractivity contribution is 0.328. The smallest absolute Gasteiger partial charge is 0.268 e. The second kappa shape index (κ2) is 6.29. The van der Waals surface area contributed by atoms with Crippen molar-refractivity contribution in [2.45, 2.75) is 23.9 Å². The summed E-state index contributed by atoms with van der Waals surface area (Å²) in [4.78, 5) is 2.62. The molecule has 2 heterocycles. The molecule has 1 fully saturated rings. The van der Waals surface area contributed by atoms with Gasteiger partial charge in [0.15, 0.2) is 0 Å². The van der Waals surface area contributed by atoms with Crippen molar-refractivity contribution in [1.29, 1.82) is 0 Å². The van der Waals surface area contributed by atoms with E-state index >= 15 is 0 Å². The van der Waals surface area contributed by atoms with E-state index in [9.17, 15) is 8.42 Å². The van der Waals surface area contributed by atoms with Gasteiger partial charge < -0.3 is 5.73 Å². The van der Waals surface area contributed by atoms with Crippen molar-refractivity contribution in [1.82, 2.24) is 8.87 Å². The molecule has 0 saturated carbocycles. The van der Waals surface area contributed by atoms with Gasteiger partial charge in [0.25, 0.3) is 10.0 Å². The van der Waals surface area contributed by atoms with Crippen LogP contribution in [0.5, 0.6) is 0 Å². The van der Waals surface area contributed by atoms with Crippen LogP contribution in [0, 0.1) is 0 Å². The number of fused-ring (bicyclic) bond motifs is 1. The second-order valence-electron chi connectivity index (χ2n) is 6.56. The van der Waals surface area contributed by atoms with Gasteiger partial charge in [0.1, 0.15) is 0 Å². The molecule has 1 saturated heterocycles. The number of rotatable bonds is 4. The molecule has 1 atom stereocenters. The van der Waals surface area contributed by atoms with Crippen molar-refractivity contribution in [3.63, 3.8) is 0 Å². The van der Waals surface area contributed by atoms with Crippen molar-refractivity contribution in [2.75, 3.05) is 13.1 Å². The Bertz CT molecular complexity index is 996. The average Bonchev–Trinajstić information content (AvgIpc) is 3.23. The Hall–Kier alpha value is -2.15. The third-order valence-electron chi connectivity index (χ3n) is 4.79. The van der Waals surface area contributed by atoms with E-state index in [1.807, 2.05) is 24.3 Å². The van der Waals surface area contributed by atoms with Gasteiger partial charge in [-0.25, -0.2) is 12.4 Å². The van der Waals surface area contributed by atoms with Crippen LogP contribution in [-0.2, 0) is 16.6 Å². The zero-order chi connectivity index (χ0) is 17.4. The fourth-order valence-electron chi connectivity index (χ4n) is 3.51. The highest BCUT2D eigenvalue weighted by Gasteiger charge is 2.22. The van der Waals surface area contributed by atoms with E-state index in [4.69, 9.17) is 5.73 Å². The number of aromatic nitrogens is 1. The first-order chi connectivity index (χ1) is 12.1. The van der Waals surface area contributed by atoms with Crippen LogP contribution in [0.15, 0.2) is 65.7 Å². The van der Waals surface area contributed by atoms with Crippen LogP contribution in [0.1, 0.15) is 12.0 Å². The molecule has 0 radical (unpaired) electrons. The maximum absolute atomic E-state index is 12.9. The van der Waals surface area contributed by atoms with Gasteiger partial charge in [-0.05, 0) is 36.2 Å². The molecule has 3 aromatic rings. The average molecular weight is 355 g/mol. The van der Waals surface area contributed by atoms with Crippen LogP contribution in [0.4, 0.5) is 0 Å². The molecule has 1 aliphatic heterocycles. The van der Waals surface area contributed by atoms with E-state index in [1.54, 1.807) is 30.5 Å². The van der Waals surface area contributed by atoms with E-state index in [0.29, 0.717) is 10.4 Å². The lowest BCUT2D eigenvalue weighted by Gasteiger charge is -2.16. The maximum atomic E-state index is 12.9. The third kappa shape index (κ3) is 2.97. The summed E-state index contributed by atoms with van der Waals surface area (Å²) < 4.78 is 27.3. The minimum absolute atomic E-state index is 0.238. The zero-order valence-electron chi connectivity index (χ0n) is 13.9. The molecule has 4 rings (SSSR count). The largest absolute Gasteiger partial charge is 0.326 e. The highest BCUT2D eigenvalue weighted by atomic mass is 32.2. The monoisotopic (exact) mass is 355 g/mol. The lowest BCUT2D eigenvalue weighted by Crippen LogP contribution is -2.26. The van der Waals surface area contributed by atoms with E-state index in [2.05, 4.69) is 11.0 Å². The quantitative estimate of drug-likeness (QED) is 0.780. The fourth-order valence-corrected chi connectivity index (χ4v) is 4.87. The van der Waals surface area contributed by atoms with Gasteiger partial charge in [-0.3, -0.25) is 4.90 Å². The summed E-state index contributed by atoms with van der Waals surface area (Å²) in [6, 6.07) is 16.5. The molecule has 2 aromatic carbocycles. The SMILES string of the molecule is NC1CCN(Cc2cccc3c2ccn3S(=O)(=O)c2ccccc2)C1. The molecule has 1 unspecified atom stereocenters. The predicted octanol–water partition coefficient (Wildman–Crippen LogP) is 2.41. The number of hydrogen-bond acceptors (Lipinski definition) is 4. The van der Waals surface area contributed by atoms with Crippen molar-refractivity contribution in [2.24, 2.45) is 5.73 Å². The second-order valence-corrected chi connectivity index (χ2v) is 8.38. The number of nitrogens with zero attached hydrogens (tertiary/aromatic N) is 2. The summed E-state index contributed by atoms with van der Waals surface area (Å²) in [6.07, 6.45) is 2.66. The van der Waals surface area contributed by atoms with Crippen LogP contribution in [0.25, 0.3) is 10.9 Å². The Morgan fingerprint density at radius 2 is 1.84 bits per heavy atom. The molecule has 2 N–H and O–H groups in total. The minimum Gasteiger partial charge on any atom is -0.326 e. The molecule has 0 aliphatic carbocycles. The van der Waals surface area contributed by atoms with Crippen LogP contribution in [0.2, 0.25) is 0 Å². The molecule has 25 heavy (non-hydrogen) atoms. The van der Waals surface area contributed by atoms with E-state index in [0.717, 1.165) is 37.0 Å². The van der Waals surface area contributed by atoms with Gasteiger partial charge in [0.05, 0.1) is 10.4 Å². The molecule has 0 bridgehead atoms. The van der Waals surface area contributed by atoms with Gasteiger partial charge >= 0.3 is 0 Å². The predicted molar refractivity (Wildman–Crippen MR) is 98.8 cm³/mol. The first-order valence-electron chi connectivity index (χ1n) is 8.43. The molecule has 6 heteroatoms. The fraction of sp³-hybridized carbons (Fsp3) is 0.263. The van der Waals surface area contributed by atoms with Crippen LogP contribution < -0.4 is 5.73 Å². The van der Waals surface area contributed by atoms with E-state index < -0.39 is 10.0 Å². The van der Waals surface area contributed by atoms with E-state index in [1.165, 1.54) is 3.97 Å². The summed E-state index contributed by atoms with van der Waals surface area (Å²) in [7, 11) is -3.59. The first-order valence-corrected chi connectivity index (χ1v) is 9.87. The van der Waals surface area contributed by atoms with Crippen LogP contribution >= 0.6 is 0 Å². The Morgan fingerprint density at radius 3 is 2.56 bits per heavy atom. The molecule has 5 nitrogen and oxygen atoms in total. The molecule has 130 valence electrons. The topological polar surface area (TPSA) is 68.3 Å². The van der Waals surface area contributed by atoms with E-state index in [-0.39, 0.29) is 6.04 Å². The van der Waals surface area contributed by atoms with Gasteiger partial charge in [-0.2, -0.15) is 0 Å². The van der Waals surface area contributed by atoms with Crippen molar-refractivity contribution in [3.05, 3.63) is 66.4 Å². The summed E-state index contributed by atoms with van der Waals surface area (Å²) in [6.45, 7) is 2.67. The first kappa shape index (κ1) is 16.3. The number of likely N-dealkylation sites (tertiary alicyclic amines) is 1. The maximum Gasteiger partial charge on any atom is 0.268 e. The Balaban J connectivity index is 1.74. The molecule has 0 amide bonds. The molecule has 1 aliphatic rings. The van der Waals surface area contributed by atoms with Crippen molar-refractivity contribution >= 4 is 20.9 Å². The normalized spacial score (nSPS) is 18.8. The molecule has 1 aromatic heterocycles. The van der Waals surface area contributed by atoms with Gasteiger partial charge in [-0.15, -0.1) is 0 Å². The van der Waals surface area contributed by atoms with Gasteiger partial charge in [0, 0.05) is 37.3 Å². The molecule has 0 spiro atoms. The van der Waals surface area contributed by atoms with Crippen molar-refractivity contribution < 1.29 is 8.42 Å². The summed E-state index contributed by atoms with van der Waals surface area (Å²) in [5, 5.41) is 0.975. The Kier molecular flexibility index (Phi) is 4.11. The van der Waals surface area contributed by atoms with Crippen molar-refractivity contribution in [3.8, 4) is 0 Å². The Morgan fingerprint density at radius 1 is 1.04 bits per heavy atom. The van der Waals surface area contributed by atoms with Gasteiger partial charge in [-0.1, -0.05) is 30.3 Å². The molecular weight excluding hydrogens is 334 g/mol. The summed E-state index contributed by atoms with van der Waals surface area (Å²) in [5.74, 6) is 0. The summed E-state index contributed by atoms with van der Waals surface area (Å²) >= 11 is 0. The zero-order valence-corrected chi connectivity index (χ0v) is 14.7. The van der Waals surface area contributed by atoms with Gasteiger partial charge in [0.2, 0.25) is 0 Å². The number of hydrogen-bond donors (Lipinski definition) is 1. The standard InChI is InChI=1S/C19H21N3O2S/c20-16-9-11-21(14-16)13-15-5-4-8-19-18(15)10-12-22(19)25(23,24)17-6-2-1-3-7-17/h1-8,10,12,16H,9,11,13-14,20H2. The lowest BCUT2D eigenvalue weighted by atomic mass is 10.1. The number of benzene rings is 2. The highest BCUT2D eigenvalue weighted by molar-refractivity contribution is 7.90.